The molecular formula is C19H24N2O3. The summed E-state index contributed by atoms with van der Waals surface area (Å²) in [5.41, 5.74) is 0.727. The quantitative estimate of drug-likeness (QED) is 0.641. The number of carbonyl (C=O) groups excluding carboxylic acids is 1. The van der Waals surface area contributed by atoms with E-state index in [2.05, 4.69) is 5.32 Å². The lowest BCUT2D eigenvalue weighted by Gasteiger charge is -2.16. The van der Waals surface area contributed by atoms with Gasteiger partial charge in [0.2, 0.25) is 0 Å². The summed E-state index contributed by atoms with van der Waals surface area (Å²) in [6.45, 7) is 3.83. The number of nitrogens with one attached hydrogen (secondary N) is 1. The molecule has 1 amide bonds. The molecule has 0 bridgehead atoms. The monoisotopic (exact) mass is 328 g/mol. The number of rotatable bonds is 6. The van der Waals surface area contributed by atoms with Gasteiger partial charge >= 0.3 is 0 Å². The Morgan fingerprint density at radius 1 is 1.38 bits per heavy atom. The number of nitrogens with zero attached hydrogens (tertiary/aromatic N) is 1. The van der Waals surface area contributed by atoms with E-state index in [4.69, 9.17) is 9.47 Å². The van der Waals surface area contributed by atoms with Crippen molar-refractivity contribution in [3.05, 3.63) is 29.3 Å². The summed E-state index contributed by atoms with van der Waals surface area (Å²) in [5, 5.41) is 12.3. The van der Waals surface area contributed by atoms with Gasteiger partial charge in [-0.15, -0.1) is 0 Å². The first-order valence-corrected chi connectivity index (χ1v) is 8.31. The predicted octanol–water partition coefficient (Wildman–Crippen LogP) is 3.45. The van der Waals surface area contributed by atoms with Crippen LogP contribution in [0, 0.1) is 11.3 Å². The van der Waals surface area contributed by atoms with Crippen molar-refractivity contribution in [3.63, 3.8) is 0 Å². The van der Waals surface area contributed by atoms with E-state index in [0.29, 0.717) is 17.1 Å². The van der Waals surface area contributed by atoms with Crippen LogP contribution in [0.2, 0.25) is 0 Å². The molecule has 0 saturated heterocycles. The molecule has 0 aromatic heterocycles. The molecule has 5 nitrogen and oxygen atoms in total. The fourth-order valence-corrected chi connectivity index (χ4v) is 2.81. The van der Waals surface area contributed by atoms with Crippen molar-refractivity contribution in [3.8, 4) is 17.6 Å². The van der Waals surface area contributed by atoms with Gasteiger partial charge in [0.25, 0.3) is 5.91 Å². The van der Waals surface area contributed by atoms with E-state index in [9.17, 15) is 10.1 Å². The van der Waals surface area contributed by atoms with Crippen molar-refractivity contribution in [1.29, 1.82) is 5.26 Å². The predicted molar refractivity (Wildman–Crippen MR) is 92.7 cm³/mol. The molecule has 2 rings (SSSR count). The molecule has 128 valence electrons. The lowest BCUT2D eigenvalue weighted by molar-refractivity contribution is -0.117. The Balaban J connectivity index is 2.29. The van der Waals surface area contributed by atoms with E-state index in [1.165, 1.54) is 0 Å². The van der Waals surface area contributed by atoms with E-state index >= 15 is 0 Å². The molecule has 0 aliphatic heterocycles. The number of carbonyl (C=O) groups is 1. The summed E-state index contributed by atoms with van der Waals surface area (Å²) in [4.78, 5) is 12.3. The molecule has 0 spiro atoms. The van der Waals surface area contributed by atoms with Gasteiger partial charge in [0.05, 0.1) is 13.2 Å². The summed E-state index contributed by atoms with van der Waals surface area (Å²) < 4.78 is 11.1. The average molecular weight is 328 g/mol. The van der Waals surface area contributed by atoms with Crippen LogP contribution < -0.4 is 14.8 Å². The Labute approximate surface area is 143 Å². The van der Waals surface area contributed by atoms with Crippen molar-refractivity contribution < 1.29 is 14.3 Å². The molecular weight excluding hydrogens is 304 g/mol. The first-order valence-electron chi connectivity index (χ1n) is 8.31. The van der Waals surface area contributed by atoms with Gasteiger partial charge in [0.15, 0.2) is 11.5 Å². The minimum absolute atomic E-state index is 0.0497. The molecule has 0 atom stereocenters. The summed E-state index contributed by atoms with van der Waals surface area (Å²) in [7, 11) is 1.56. The highest BCUT2D eigenvalue weighted by Gasteiger charge is 2.20. The largest absolute Gasteiger partial charge is 0.493 e. The molecule has 1 aromatic rings. The number of benzene rings is 1. The van der Waals surface area contributed by atoms with E-state index in [0.717, 1.165) is 25.7 Å². The van der Waals surface area contributed by atoms with Crippen molar-refractivity contribution in [2.75, 3.05) is 7.11 Å². The zero-order valence-corrected chi connectivity index (χ0v) is 14.5. The van der Waals surface area contributed by atoms with Crippen molar-refractivity contribution in [2.24, 2.45) is 0 Å². The van der Waals surface area contributed by atoms with Crippen LogP contribution >= 0.6 is 0 Å². The van der Waals surface area contributed by atoms with Crippen LogP contribution in [0.25, 0.3) is 6.08 Å². The Hall–Kier alpha value is -2.48. The van der Waals surface area contributed by atoms with Crippen molar-refractivity contribution in [2.45, 2.75) is 51.7 Å². The third kappa shape index (κ3) is 4.51. The molecule has 5 heteroatoms. The highest BCUT2D eigenvalue weighted by atomic mass is 16.5. The molecule has 1 saturated carbocycles. The maximum atomic E-state index is 12.3. The molecule has 24 heavy (non-hydrogen) atoms. The van der Waals surface area contributed by atoms with Crippen LogP contribution in [0.15, 0.2) is 23.8 Å². The van der Waals surface area contributed by atoms with Crippen LogP contribution in [-0.2, 0) is 4.79 Å². The smallest absolute Gasteiger partial charge is 0.262 e. The third-order valence-corrected chi connectivity index (χ3v) is 3.94. The number of para-hydroxylation sites is 1. The van der Waals surface area contributed by atoms with Gasteiger partial charge < -0.3 is 14.8 Å². The first kappa shape index (κ1) is 17.9. The number of ether oxygens (including phenoxy) is 2. The average Bonchev–Trinajstić information content (AvgIpc) is 3.06. The van der Waals surface area contributed by atoms with E-state index in [1.807, 2.05) is 26.0 Å². The minimum atomic E-state index is -0.331. The SMILES string of the molecule is COc1cccc(/C=C(/C#N)C(=O)NC2CCCC2)c1OC(C)C. The van der Waals surface area contributed by atoms with Gasteiger partial charge in [-0.3, -0.25) is 4.79 Å². The van der Waals surface area contributed by atoms with Gasteiger partial charge in [0.1, 0.15) is 11.6 Å². The van der Waals surface area contributed by atoms with Gasteiger partial charge in [-0.1, -0.05) is 25.0 Å². The summed E-state index contributed by atoms with van der Waals surface area (Å²) in [5.74, 6) is 0.782. The Kier molecular flexibility index (Phi) is 6.25. The normalized spacial score (nSPS) is 15.2. The Morgan fingerprint density at radius 3 is 2.67 bits per heavy atom. The Morgan fingerprint density at radius 2 is 2.08 bits per heavy atom. The highest BCUT2D eigenvalue weighted by Crippen LogP contribution is 2.33. The molecule has 1 aliphatic carbocycles. The van der Waals surface area contributed by atoms with Crippen LogP contribution in [0.3, 0.4) is 0 Å². The second kappa shape index (κ2) is 8.39. The zero-order valence-electron chi connectivity index (χ0n) is 14.5. The standard InChI is InChI=1S/C19H24N2O3/c1-13(2)24-18-14(7-6-10-17(18)23-3)11-15(12-20)19(22)21-16-8-4-5-9-16/h6-7,10-11,13,16H,4-5,8-9H2,1-3H3,(H,21,22)/b15-11-. The van der Waals surface area contributed by atoms with Gasteiger partial charge in [-0.2, -0.15) is 5.26 Å². The molecule has 0 unspecified atom stereocenters. The van der Waals surface area contributed by atoms with Crippen LogP contribution in [-0.4, -0.2) is 25.2 Å². The number of amides is 1. The number of nitriles is 1. The van der Waals surface area contributed by atoms with Crippen LogP contribution in [0.4, 0.5) is 0 Å². The fraction of sp³-hybridized carbons (Fsp3) is 0.474. The van der Waals surface area contributed by atoms with Gasteiger partial charge in [-0.25, -0.2) is 0 Å². The van der Waals surface area contributed by atoms with E-state index in [1.54, 1.807) is 25.3 Å². The molecule has 0 heterocycles. The topological polar surface area (TPSA) is 71.3 Å². The first-order chi connectivity index (χ1) is 11.5. The number of hydrogen-bond acceptors (Lipinski definition) is 4. The van der Waals surface area contributed by atoms with Crippen molar-refractivity contribution in [1.82, 2.24) is 5.32 Å². The zero-order chi connectivity index (χ0) is 17.5. The molecule has 1 fully saturated rings. The highest BCUT2D eigenvalue weighted by molar-refractivity contribution is 6.02. The number of methoxy groups -OCH3 is 1. The maximum absolute atomic E-state index is 12.3. The van der Waals surface area contributed by atoms with Gasteiger partial charge in [-0.05, 0) is 38.8 Å². The summed E-state index contributed by atoms with van der Waals surface area (Å²) in [6, 6.07) is 7.57. The minimum Gasteiger partial charge on any atom is -0.493 e. The third-order valence-electron chi connectivity index (χ3n) is 3.94. The van der Waals surface area contributed by atoms with Crippen molar-refractivity contribution >= 4 is 12.0 Å². The molecule has 1 aromatic carbocycles. The van der Waals surface area contributed by atoms with Gasteiger partial charge in [0, 0.05) is 11.6 Å². The second-order valence-electron chi connectivity index (χ2n) is 6.17. The van der Waals surface area contributed by atoms with E-state index < -0.39 is 0 Å². The Bertz CT molecular complexity index is 653. The molecule has 1 aliphatic rings. The van der Waals surface area contributed by atoms with E-state index in [-0.39, 0.29) is 23.6 Å². The lowest BCUT2D eigenvalue weighted by atomic mass is 10.1. The molecule has 1 N–H and O–H groups in total. The summed E-state index contributed by atoms with van der Waals surface area (Å²) >= 11 is 0. The van der Waals surface area contributed by atoms with Crippen LogP contribution in [0.1, 0.15) is 45.1 Å². The second-order valence-corrected chi connectivity index (χ2v) is 6.17. The fourth-order valence-electron chi connectivity index (χ4n) is 2.81. The lowest BCUT2D eigenvalue weighted by Crippen LogP contribution is -2.33. The summed E-state index contributed by atoms with van der Waals surface area (Å²) in [6.07, 6.45) is 5.71. The maximum Gasteiger partial charge on any atom is 0.262 e. The molecule has 0 radical (unpaired) electrons. The van der Waals surface area contributed by atoms with Crippen LogP contribution in [0.5, 0.6) is 11.5 Å². The number of hydrogen-bond donors (Lipinski definition) is 1.